The molecule has 3 rings (SSSR count). The Labute approximate surface area is 119 Å². The van der Waals surface area contributed by atoms with Crippen LogP contribution in [0.15, 0.2) is 30.3 Å². The molecular formula is C16H21NO3. The van der Waals surface area contributed by atoms with Gasteiger partial charge in [0.25, 0.3) is 0 Å². The molecule has 3 atom stereocenters. The van der Waals surface area contributed by atoms with E-state index in [1.807, 2.05) is 30.0 Å². The van der Waals surface area contributed by atoms with E-state index in [1.54, 1.807) is 0 Å². The summed E-state index contributed by atoms with van der Waals surface area (Å²) in [5.41, 5.74) is 1.20. The lowest BCUT2D eigenvalue weighted by atomic mass is 9.98. The van der Waals surface area contributed by atoms with Crippen LogP contribution in [0.4, 0.5) is 4.79 Å². The molecule has 0 radical (unpaired) electrons. The van der Waals surface area contributed by atoms with Crippen molar-refractivity contribution in [2.75, 3.05) is 6.61 Å². The van der Waals surface area contributed by atoms with E-state index in [4.69, 9.17) is 9.47 Å². The standard InChI is InChI=1S/C16H21NO3/c1-2-19-16(18)17-14-9-8-13(10-15(14)17)20-11-12-6-4-3-5-7-12/h3-7,13-15H,2,8-11H2,1H3/t13?,14-,15+,17?/m0/s1. The van der Waals surface area contributed by atoms with Crippen molar-refractivity contribution in [2.45, 2.75) is 51.0 Å². The number of hydrogen-bond acceptors (Lipinski definition) is 3. The SMILES string of the molecule is CCOC(=O)N1[C@@H]2CC(OCc3ccccc3)CC[C@@H]21. The van der Waals surface area contributed by atoms with E-state index in [0.29, 0.717) is 25.3 Å². The van der Waals surface area contributed by atoms with E-state index < -0.39 is 0 Å². The van der Waals surface area contributed by atoms with Crippen LogP contribution in [-0.2, 0) is 16.1 Å². The van der Waals surface area contributed by atoms with Gasteiger partial charge in [-0.15, -0.1) is 0 Å². The van der Waals surface area contributed by atoms with Gasteiger partial charge in [-0.2, -0.15) is 0 Å². The first kappa shape index (κ1) is 13.4. The Balaban J connectivity index is 1.47. The second kappa shape index (κ2) is 5.83. The van der Waals surface area contributed by atoms with Gasteiger partial charge in [-0.3, -0.25) is 4.90 Å². The molecule has 1 heterocycles. The van der Waals surface area contributed by atoms with Crippen molar-refractivity contribution in [1.29, 1.82) is 0 Å². The third-order valence-corrected chi connectivity index (χ3v) is 4.16. The summed E-state index contributed by atoms with van der Waals surface area (Å²) in [7, 11) is 0. The number of rotatable bonds is 4. The number of hydrogen-bond donors (Lipinski definition) is 0. The van der Waals surface area contributed by atoms with Gasteiger partial charge in [-0.05, 0) is 31.7 Å². The highest BCUT2D eigenvalue weighted by Crippen LogP contribution is 2.42. The predicted octanol–water partition coefficient (Wildman–Crippen LogP) is 2.97. The van der Waals surface area contributed by atoms with Crippen molar-refractivity contribution in [3.8, 4) is 0 Å². The molecule has 1 aliphatic heterocycles. The van der Waals surface area contributed by atoms with Crippen molar-refractivity contribution in [2.24, 2.45) is 0 Å². The van der Waals surface area contributed by atoms with E-state index in [1.165, 1.54) is 5.56 Å². The molecular weight excluding hydrogens is 254 g/mol. The number of nitrogens with zero attached hydrogens (tertiary/aromatic N) is 1. The summed E-state index contributed by atoms with van der Waals surface area (Å²) in [5.74, 6) is 0. The molecule has 1 aromatic rings. The minimum atomic E-state index is -0.161. The molecule has 1 aromatic carbocycles. The van der Waals surface area contributed by atoms with Crippen LogP contribution < -0.4 is 0 Å². The molecule has 1 aliphatic carbocycles. The van der Waals surface area contributed by atoms with E-state index in [2.05, 4.69) is 12.1 Å². The van der Waals surface area contributed by atoms with Crippen LogP contribution >= 0.6 is 0 Å². The van der Waals surface area contributed by atoms with Crippen molar-refractivity contribution in [1.82, 2.24) is 4.90 Å². The molecule has 1 unspecified atom stereocenters. The molecule has 2 aliphatic rings. The zero-order chi connectivity index (χ0) is 13.9. The van der Waals surface area contributed by atoms with Gasteiger partial charge in [0, 0.05) is 0 Å². The summed E-state index contributed by atoms with van der Waals surface area (Å²) < 4.78 is 11.0. The molecule has 2 fully saturated rings. The molecule has 20 heavy (non-hydrogen) atoms. The molecule has 1 amide bonds. The molecule has 108 valence electrons. The fourth-order valence-corrected chi connectivity index (χ4v) is 3.09. The number of carbonyl (C=O) groups is 1. The van der Waals surface area contributed by atoms with E-state index in [0.717, 1.165) is 19.3 Å². The molecule has 1 saturated heterocycles. The Hall–Kier alpha value is -1.55. The van der Waals surface area contributed by atoms with Gasteiger partial charge in [0.2, 0.25) is 0 Å². The summed E-state index contributed by atoms with van der Waals surface area (Å²) in [6.45, 7) is 2.95. The predicted molar refractivity (Wildman–Crippen MR) is 75.3 cm³/mol. The molecule has 1 saturated carbocycles. The number of fused-ring (bicyclic) bond motifs is 1. The molecule has 0 spiro atoms. The zero-order valence-electron chi connectivity index (χ0n) is 11.8. The Morgan fingerprint density at radius 1 is 1.25 bits per heavy atom. The third-order valence-electron chi connectivity index (χ3n) is 4.16. The summed E-state index contributed by atoms with van der Waals surface area (Å²) in [6, 6.07) is 10.9. The zero-order valence-corrected chi connectivity index (χ0v) is 11.8. The summed E-state index contributed by atoms with van der Waals surface area (Å²) in [5, 5.41) is 0. The quantitative estimate of drug-likeness (QED) is 0.793. The Morgan fingerprint density at radius 3 is 2.80 bits per heavy atom. The second-order valence-electron chi connectivity index (χ2n) is 5.47. The molecule has 0 N–H and O–H groups in total. The molecule has 0 bridgehead atoms. The van der Waals surface area contributed by atoms with Crippen LogP contribution in [-0.4, -0.2) is 35.8 Å². The number of likely N-dealkylation sites (tertiary alicyclic amines) is 1. The van der Waals surface area contributed by atoms with Crippen molar-refractivity contribution < 1.29 is 14.3 Å². The van der Waals surface area contributed by atoms with Crippen molar-refractivity contribution >= 4 is 6.09 Å². The minimum Gasteiger partial charge on any atom is -0.450 e. The lowest BCUT2D eigenvalue weighted by Crippen LogP contribution is -2.21. The first-order valence-electron chi connectivity index (χ1n) is 7.40. The third kappa shape index (κ3) is 2.80. The van der Waals surface area contributed by atoms with E-state index in [9.17, 15) is 4.79 Å². The van der Waals surface area contributed by atoms with Crippen LogP contribution in [0, 0.1) is 0 Å². The Kier molecular flexibility index (Phi) is 3.92. The number of carbonyl (C=O) groups excluding carboxylic acids is 1. The smallest absolute Gasteiger partial charge is 0.410 e. The van der Waals surface area contributed by atoms with Crippen molar-refractivity contribution in [3.63, 3.8) is 0 Å². The topological polar surface area (TPSA) is 38.5 Å². The van der Waals surface area contributed by atoms with Crippen LogP contribution in [0.3, 0.4) is 0 Å². The van der Waals surface area contributed by atoms with Gasteiger partial charge in [0.05, 0.1) is 31.4 Å². The minimum absolute atomic E-state index is 0.161. The lowest BCUT2D eigenvalue weighted by molar-refractivity contribution is 0.0218. The van der Waals surface area contributed by atoms with Gasteiger partial charge in [0.1, 0.15) is 0 Å². The van der Waals surface area contributed by atoms with E-state index >= 15 is 0 Å². The Bertz CT molecular complexity index is 462. The average molecular weight is 275 g/mol. The maximum atomic E-state index is 11.7. The summed E-state index contributed by atoms with van der Waals surface area (Å²) >= 11 is 0. The van der Waals surface area contributed by atoms with Gasteiger partial charge in [-0.1, -0.05) is 30.3 Å². The van der Waals surface area contributed by atoms with Gasteiger partial charge in [-0.25, -0.2) is 4.79 Å². The van der Waals surface area contributed by atoms with Crippen LogP contribution in [0.25, 0.3) is 0 Å². The number of amides is 1. The molecule has 4 heteroatoms. The highest BCUT2D eigenvalue weighted by molar-refractivity contribution is 5.72. The second-order valence-corrected chi connectivity index (χ2v) is 5.47. The fourth-order valence-electron chi connectivity index (χ4n) is 3.09. The highest BCUT2D eigenvalue weighted by atomic mass is 16.6. The molecule has 4 nitrogen and oxygen atoms in total. The maximum Gasteiger partial charge on any atom is 0.410 e. The highest BCUT2D eigenvalue weighted by Gasteiger charge is 2.54. The van der Waals surface area contributed by atoms with E-state index in [-0.39, 0.29) is 12.2 Å². The maximum absolute atomic E-state index is 11.7. The summed E-state index contributed by atoms with van der Waals surface area (Å²) in [4.78, 5) is 13.6. The normalized spacial score (nSPS) is 27.9. The van der Waals surface area contributed by atoms with Crippen LogP contribution in [0.5, 0.6) is 0 Å². The largest absolute Gasteiger partial charge is 0.450 e. The van der Waals surface area contributed by atoms with Gasteiger partial charge in [0.15, 0.2) is 0 Å². The van der Waals surface area contributed by atoms with Gasteiger partial charge < -0.3 is 9.47 Å². The average Bonchev–Trinajstić information content (AvgIpc) is 3.20. The van der Waals surface area contributed by atoms with Gasteiger partial charge >= 0.3 is 6.09 Å². The number of benzene rings is 1. The summed E-state index contributed by atoms with van der Waals surface area (Å²) in [6.07, 6.45) is 3.10. The fraction of sp³-hybridized carbons (Fsp3) is 0.562. The number of ether oxygens (including phenoxy) is 2. The van der Waals surface area contributed by atoms with Crippen molar-refractivity contribution in [3.05, 3.63) is 35.9 Å². The lowest BCUT2D eigenvalue weighted by Gasteiger charge is -2.20. The van der Waals surface area contributed by atoms with Crippen LogP contribution in [0.2, 0.25) is 0 Å². The molecule has 0 aromatic heterocycles. The first-order chi connectivity index (χ1) is 9.79. The first-order valence-corrected chi connectivity index (χ1v) is 7.40. The monoisotopic (exact) mass is 275 g/mol. The Morgan fingerprint density at radius 2 is 2.05 bits per heavy atom. The van der Waals surface area contributed by atoms with Crippen LogP contribution in [0.1, 0.15) is 31.7 Å².